The van der Waals surface area contributed by atoms with Gasteiger partial charge in [0.15, 0.2) is 0 Å². The molecular weight excluding hydrogens is 244 g/mol. The van der Waals surface area contributed by atoms with Gasteiger partial charge >= 0.3 is 0 Å². The molecule has 0 aliphatic heterocycles. The SMILES string of the molecule is Cc1ccc(C)c(Cc2nc3cc(C)c(C)cc3[nH]2)c1. The minimum atomic E-state index is 0.861. The molecule has 0 bridgehead atoms. The summed E-state index contributed by atoms with van der Waals surface area (Å²) >= 11 is 0. The first-order valence-corrected chi connectivity index (χ1v) is 7.05. The van der Waals surface area contributed by atoms with E-state index in [1.807, 2.05) is 0 Å². The predicted octanol–water partition coefficient (Wildman–Crippen LogP) is 4.39. The van der Waals surface area contributed by atoms with E-state index in [0.29, 0.717) is 0 Å². The first kappa shape index (κ1) is 12.9. The van der Waals surface area contributed by atoms with E-state index in [9.17, 15) is 0 Å². The lowest BCUT2D eigenvalue weighted by Gasteiger charge is -2.04. The van der Waals surface area contributed by atoms with Gasteiger partial charge in [0.2, 0.25) is 0 Å². The summed E-state index contributed by atoms with van der Waals surface area (Å²) in [4.78, 5) is 8.17. The molecule has 0 aliphatic carbocycles. The van der Waals surface area contributed by atoms with Crippen LogP contribution in [0.2, 0.25) is 0 Å². The van der Waals surface area contributed by atoms with E-state index in [1.165, 1.54) is 27.8 Å². The second-order valence-corrected chi connectivity index (χ2v) is 5.74. The molecule has 2 nitrogen and oxygen atoms in total. The quantitative estimate of drug-likeness (QED) is 0.730. The molecule has 0 saturated heterocycles. The summed E-state index contributed by atoms with van der Waals surface area (Å²) in [7, 11) is 0. The molecule has 1 N–H and O–H groups in total. The molecule has 0 aliphatic rings. The summed E-state index contributed by atoms with van der Waals surface area (Å²) in [6.45, 7) is 8.56. The molecule has 3 rings (SSSR count). The van der Waals surface area contributed by atoms with Crippen LogP contribution in [0, 0.1) is 27.7 Å². The zero-order valence-electron chi connectivity index (χ0n) is 12.5. The van der Waals surface area contributed by atoms with Crippen molar-refractivity contribution in [2.45, 2.75) is 34.1 Å². The van der Waals surface area contributed by atoms with E-state index in [0.717, 1.165) is 23.3 Å². The van der Waals surface area contributed by atoms with Crippen molar-refractivity contribution in [2.24, 2.45) is 0 Å². The Morgan fingerprint density at radius 2 is 1.65 bits per heavy atom. The largest absolute Gasteiger partial charge is 0.342 e. The van der Waals surface area contributed by atoms with E-state index in [-0.39, 0.29) is 0 Å². The fourth-order valence-electron chi connectivity index (χ4n) is 2.58. The third kappa shape index (κ3) is 2.34. The van der Waals surface area contributed by atoms with E-state index < -0.39 is 0 Å². The number of hydrogen-bond donors (Lipinski definition) is 1. The molecule has 0 radical (unpaired) electrons. The average Bonchev–Trinajstić information content (AvgIpc) is 2.76. The van der Waals surface area contributed by atoms with Gasteiger partial charge in [0.1, 0.15) is 5.82 Å². The fraction of sp³-hybridized carbons (Fsp3) is 0.278. The summed E-state index contributed by atoms with van der Waals surface area (Å²) in [6.07, 6.45) is 0.861. The summed E-state index contributed by atoms with van der Waals surface area (Å²) in [5.41, 5.74) is 8.76. The number of H-pyrrole nitrogens is 1. The number of nitrogens with one attached hydrogen (secondary N) is 1. The van der Waals surface area contributed by atoms with Gasteiger partial charge in [-0.3, -0.25) is 0 Å². The highest BCUT2D eigenvalue weighted by molar-refractivity contribution is 5.77. The molecule has 0 amide bonds. The van der Waals surface area contributed by atoms with Gasteiger partial charge in [-0.25, -0.2) is 4.98 Å². The molecule has 1 aromatic heterocycles. The van der Waals surface area contributed by atoms with Crippen molar-refractivity contribution in [3.63, 3.8) is 0 Å². The van der Waals surface area contributed by atoms with Crippen molar-refractivity contribution in [1.29, 1.82) is 0 Å². The lowest BCUT2D eigenvalue weighted by Crippen LogP contribution is -1.94. The molecule has 0 spiro atoms. The van der Waals surface area contributed by atoms with E-state index in [1.54, 1.807) is 0 Å². The fourth-order valence-corrected chi connectivity index (χ4v) is 2.58. The normalized spacial score (nSPS) is 11.2. The number of rotatable bonds is 2. The number of imidazole rings is 1. The summed E-state index contributed by atoms with van der Waals surface area (Å²) in [6, 6.07) is 10.9. The molecule has 0 unspecified atom stereocenters. The molecule has 3 aromatic rings. The molecule has 20 heavy (non-hydrogen) atoms. The van der Waals surface area contributed by atoms with Crippen LogP contribution in [0.5, 0.6) is 0 Å². The second kappa shape index (κ2) is 4.78. The Kier molecular flexibility index (Phi) is 3.09. The van der Waals surface area contributed by atoms with Gasteiger partial charge in [-0.1, -0.05) is 23.8 Å². The monoisotopic (exact) mass is 264 g/mol. The van der Waals surface area contributed by atoms with Gasteiger partial charge in [0.05, 0.1) is 11.0 Å². The molecule has 2 heteroatoms. The Labute approximate surface area is 119 Å². The third-order valence-corrected chi connectivity index (χ3v) is 4.01. The highest BCUT2D eigenvalue weighted by atomic mass is 14.9. The Hall–Kier alpha value is -2.09. The maximum atomic E-state index is 4.73. The molecule has 0 atom stereocenters. The lowest BCUT2D eigenvalue weighted by molar-refractivity contribution is 1.02. The molecule has 2 aromatic carbocycles. The van der Waals surface area contributed by atoms with Crippen LogP contribution >= 0.6 is 0 Å². The maximum absolute atomic E-state index is 4.73. The predicted molar refractivity (Wildman–Crippen MR) is 84.3 cm³/mol. The lowest BCUT2D eigenvalue weighted by atomic mass is 10.0. The number of nitrogens with zero attached hydrogens (tertiary/aromatic N) is 1. The van der Waals surface area contributed by atoms with Gasteiger partial charge in [-0.15, -0.1) is 0 Å². The van der Waals surface area contributed by atoms with Crippen molar-refractivity contribution in [3.8, 4) is 0 Å². The number of hydrogen-bond acceptors (Lipinski definition) is 1. The van der Waals surface area contributed by atoms with Crippen molar-refractivity contribution in [2.75, 3.05) is 0 Å². The first-order chi connectivity index (χ1) is 9.52. The number of aromatic amines is 1. The van der Waals surface area contributed by atoms with Gasteiger partial charge < -0.3 is 4.98 Å². The Morgan fingerprint density at radius 3 is 2.45 bits per heavy atom. The van der Waals surface area contributed by atoms with E-state index in [2.05, 4.69) is 63.0 Å². The number of fused-ring (bicyclic) bond motifs is 1. The third-order valence-electron chi connectivity index (χ3n) is 4.01. The highest BCUT2D eigenvalue weighted by Crippen LogP contribution is 2.20. The van der Waals surface area contributed by atoms with Crippen molar-refractivity contribution in [3.05, 3.63) is 64.0 Å². The van der Waals surface area contributed by atoms with E-state index >= 15 is 0 Å². The first-order valence-electron chi connectivity index (χ1n) is 7.05. The van der Waals surface area contributed by atoms with Crippen molar-refractivity contribution < 1.29 is 0 Å². The van der Waals surface area contributed by atoms with Gasteiger partial charge in [0, 0.05) is 6.42 Å². The summed E-state index contributed by atoms with van der Waals surface area (Å²) in [5.74, 6) is 1.04. The van der Waals surface area contributed by atoms with Gasteiger partial charge in [-0.05, 0) is 62.1 Å². The smallest absolute Gasteiger partial charge is 0.111 e. The van der Waals surface area contributed by atoms with Crippen LogP contribution in [-0.2, 0) is 6.42 Å². The average molecular weight is 264 g/mol. The summed E-state index contributed by atoms with van der Waals surface area (Å²) in [5, 5.41) is 0. The van der Waals surface area contributed by atoms with Crippen LogP contribution in [0.25, 0.3) is 11.0 Å². The standard InChI is InChI=1S/C18H20N2/c1-11-5-6-12(2)15(7-11)10-18-19-16-8-13(3)14(4)9-17(16)20-18/h5-9H,10H2,1-4H3,(H,19,20). The van der Waals surface area contributed by atoms with Crippen molar-refractivity contribution in [1.82, 2.24) is 9.97 Å². The van der Waals surface area contributed by atoms with Crippen LogP contribution < -0.4 is 0 Å². The number of aromatic nitrogens is 2. The minimum absolute atomic E-state index is 0.861. The molecule has 102 valence electrons. The minimum Gasteiger partial charge on any atom is -0.342 e. The van der Waals surface area contributed by atoms with Gasteiger partial charge in [-0.2, -0.15) is 0 Å². The van der Waals surface area contributed by atoms with E-state index in [4.69, 9.17) is 4.98 Å². The number of aryl methyl sites for hydroxylation is 4. The van der Waals surface area contributed by atoms with Crippen LogP contribution in [0.1, 0.15) is 33.6 Å². The summed E-state index contributed by atoms with van der Waals surface area (Å²) < 4.78 is 0. The number of benzene rings is 2. The Bertz CT molecular complexity index is 742. The second-order valence-electron chi connectivity index (χ2n) is 5.74. The molecule has 0 fully saturated rings. The van der Waals surface area contributed by atoms with Crippen molar-refractivity contribution >= 4 is 11.0 Å². The van der Waals surface area contributed by atoms with Gasteiger partial charge in [0.25, 0.3) is 0 Å². The van der Waals surface area contributed by atoms with Crippen LogP contribution in [0.4, 0.5) is 0 Å². The zero-order chi connectivity index (χ0) is 14.3. The molecule has 0 saturated carbocycles. The van der Waals surface area contributed by atoms with Crippen LogP contribution in [-0.4, -0.2) is 9.97 Å². The highest BCUT2D eigenvalue weighted by Gasteiger charge is 2.07. The van der Waals surface area contributed by atoms with Crippen LogP contribution in [0.3, 0.4) is 0 Å². The van der Waals surface area contributed by atoms with Crippen LogP contribution in [0.15, 0.2) is 30.3 Å². The zero-order valence-corrected chi connectivity index (χ0v) is 12.5. The Morgan fingerprint density at radius 1 is 0.900 bits per heavy atom. The Balaban J connectivity index is 2.00. The topological polar surface area (TPSA) is 28.7 Å². The molecular formula is C18H20N2. The molecule has 1 heterocycles. The maximum Gasteiger partial charge on any atom is 0.111 e.